The fourth-order valence-corrected chi connectivity index (χ4v) is 1.41. The molecule has 0 spiro atoms. The summed E-state index contributed by atoms with van der Waals surface area (Å²) in [6, 6.07) is 9.78. The van der Waals surface area contributed by atoms with Gasteiger partial charge in [0.05, 0.1) is 6.61 Å². The highest BCUT2D eigenvalue weighted by Gasteiger charge is 2.16. The molecule has 3 nitrogen and oxygen atoms in total. The van der Waals surface area contributed by atoms with Crippen LogP contribution in [0.1, 0.15) is 25.8 Å². The summed E-state index contributed by atoms with van der Waals surface area (Å²) in [5, 5.41) is 9.62. The molecule has 0 aliphatic rings. The minimum Gasteiger partial charge on any atom is -0.464 e. The van der Waals surface area contributed by atoms with Crippen molar-refractivity contribution in [1.82, 2.24) is 0 Å². The lowest BCUT2D eigenvalue weighted by molar-refractivity contribution is -0.154. The predicted octanol–water partition coefficient (Wildman–Crippen LogP) is 2.18. The third-order valence-electron chi connectivity index (χ3n) is 2.38. The van der Waals surface area contributed by atoms with Gasteiger partial charge in [0.2, 0.25) is 0 Å². The van der Waals surface area contributed by atoms with E-state index < -0.39 is 12.1 Å². The van der Waals surface area contributed by atoms with Crippen molar-refractivity contribution in [2.45, 2.75) is 32.8 Å². The largest absolute Gasteiger partial charge is 0.464 e. The molecule has 0 aliphatic heterocycles. The molecule has 94 valence electrons. The lowest BCUT2D eigenvalue weighted by Crippen LogP contribution is -2.25. The Labute approximate surface area is 102 Å². The predicted molar refractivity (Wildman–Crippen MR) is 66.6 cm³/mol. The SMILES string of the molecule is CC(C)COC(=O)[C@H](O)CCc1ccccc1. The number of aliphatic hydroxyl groups excluding tert-OH is 1. The van der Waals surface area contributed by atoms with Crippen LogP contribution in [0.5, 0.6) is 0 Å². The van der Waals surface area contributed by atoms with Gasteiger partial charge in [-0.1, -0.05) is 44.2 Å². The van der Waals surface area contributed by atoms with E-state index >= 15 is 0 Å². The Balaban J connectivity index is 2.29. The van der Waals surface area contributed by atoms with Gasteiger partial charge in [-0.25, -0.2) is 4.79 Å². The molecule has 17 heavy (non-hydrogen) atoms. The first-order valence-electron chi connectivity index (χ1n) is 5.98. The highest BCUT2D eigenvalue weighted by atomic mass is 16.5. The van der Waals surface area contributed by atoms with Gasteiger partial charge >= 0.3 is 5.97 Å². The van der Waals surface area contributed by atoms with Crippen LogP contribution in [0.2, 0.25) is 0 Å². The molecule has 1 N–H and O–H groups in total. The number of hydrogen-bond donors (Lipinski definition) is 1. The second-order valence-corrected chi connectivity index (χ2v) is 4.56. The Morgan fingerprint density at radius 3 is 2.53 bits per heavy atom. The van der Waals surface area contributed by atoms with E-state index in [4.69, 9.17) is 4.74 Å². The van der Waals surface area contributed by atoms with Crippen LogP contribution >= 0.6 is 0 Å². The molecule has 0 amide bonds. The van der Waals surface area contributed by atoms with Gasteiger partial charge in [0.1, 0.15) is 0 Å². The first kappa shape index (κ1) is 13.7. The zero-order valence-corrected chi connectivity index (χ0v) is 10.4. The second kappa shape index (κ2) is 7.07. The number of esters is 1. The van der Waals surface area contributed by atoms with E-state index in [0.717, 1.165) is 5.56 Å². The third-order valence-corrected chi connectivity index (χ3v) is 2.38. The molecule has 0 bridgehead atoms. The average Bonchev–Trinajstić information content (AvgIpc) is 2.34. The summed E-state index contributed by atoms with van der Waals surface area (Å²) in [7, 11) is 0. The molecular formula is C14H20O3. The molecule has 0 fully saturated rings. The van der Waals surface area contributed by atoms with E-state index in [1.54, 1.807) is 0 Å². The number of carbonyl (C=O) groups excluding carboxylic acids is 1. The quantitative estimate of drug-likeness (QED) is 0.770. The number of carbonyl (C=O) groups is 1. The first-order chi connectivity index (χ1) is 8.09. The van der Waals surface area contributed by atoms with Crippen molar-refractivity contribution in [1.29, 1.82) is 0 Å². The fourth-order valence-electron chi connectivity index (χ4n) is 1.41. The normalized spacial score (nSPS) is 12.5. The van der Waals surface area contributed by atoms with Crippen molar-refractivity contribution in [2.75, 3.05) is 6.61 Å². The van der Waals surface area contributed by atoms with Crippen LogP contribution < -0.4 is 0 Å². The van der Waals surface area contributed by atoms with E-state index in [1.165, 1.54) is 0 Å². The number of hydrogen-bond acceptors (Lipinski definition) is 3. The maximum Gasteiger partial charge on any atom is 0.334 e. The van der Waals surface area contributed by atoms with Gasteiger partial charge in [0.25, 0.3) is 0 Å². The lowest BCUT2D eigenvalue weighted by atomic mass is 10.1. The Hall–Kier alpha value is -1.35. The van der Waals surface area contributed by atoms with Crippen LogP contribution in [0, 0.1) is 5.92 Å². The topological polar surface area (TPSA) is 46.5 Å². The summed E-state index contributed by atoms with van der Waals surface area (Å²) in [6.07, 6.45) is 0.0636. The van der Waals surface area contributed by atoms with Gasteiger partial charge in [-0.3, -0.25) is 0 Å². The molecule has 1 aromatic rings. The molecule has 3 heteroatoms. The van der Waals surface area contributed by atoms with Gasteiger partial charge in [-0.2, -0.15) is 0 Å². The summed E-state index contributed by atoms with van der Waals surface area (Å²) < 4.78 is 4.96. The summed E-state index contributed by atoms with van der Waals surface area (Å²) in [4.78, 5) is 11.4. The van der Waals surface area contributed by atoms with Crippen molar-refractivity contribution >= 4 is 5.97 Å². The minimum atomic E-state index is -1.02. The molecule has 0 saturated heterocycles. The Morgan fingerprint density at radius 1 is 1.29 bits per heavy atom. The van der Waals surface area contributed by atoms with Crippen molar-refractivity contribution in [3.63, 3.8) is 0 Å². The zero-order valence-electron chi connectivity index (χ0n) is 10.4. The maximum atomic E-state index is 11.4. The fraction of sp³-hybridized carbons (Fsp3) is 0.500. The highest BCUT2D eigenvalue weighted by molar-refractivity contribution is 5.74. The molecule has 1 atom stereocenters. The Bertz CT molecular complexity index is 333. The molecule has 1 rings (SSSR count). The Kier molecular flexibility index (Phi) is 5.70. The van der Waals surface area contributed by atoms with Crippen molar-refractivity contribution in [2.24, 2.45) is 5.92 Å². The molecule has 0 saturated carbocycles. The summed E-state index contributed by atoms with van der Waals surface area (Å²) in [5.41, 5.74) is 1.11. The van der Waals surface area contributed by atoms with Gasteiger partial charge < -0.3 is 9.84 Å². The minimum absolute atomic E-state index is 0.292. The lowest BCUT2D eigenvalue weighted by Gasteiger charge is -2.12. The first-order valence-corrected chi connectivity index (χ1v) is 5.98. The summed E-state index contributed by atoms with van der Waals surface area (Å²) in [6.45, 7) is 4.29. The highest BCUT2D eigenvalue weighted by Crippen LogP contribution is 2.06. The summed E-state index contributed by atoms with van der Waals surface area (Å²) >= 11 is 0. The van der Waals surface area contributed by atoms with Crippen LogP contribution in [-0.4, -0.2) is 23.8 Å². The van der Waals surface area contributed by atoms with E-state index in [0.29, 0.717) is 25.4 Å². The summed E-state index contributed by atoms with van der Waals surface area (Å²) in [5.74, 6) is -0.227. The van der Waals surface area contributed by atoms with Crippen LogP contribution in [0.3, 0.4) is 0 Å². The standard InChI is InChI=1S/C14H20O3/c1-11(2)10-17-14(16)13(15)9-8-12-6-4-3-5-7-12/h3-7,11,13,15H,8-10H2,1-2H3/t13-/m1/s1. The van der Waals surface area contributed by atoms with Crippen LogP contribution in [0.4, 0.5) is 0 Å². The van der Waals surface area contributed by atoms with Gasteiger partial charge in [0, 0.05) is 0 Å². The van der Waals surface area contributed by atoms with Gasteiger partial charge in [-0.05, 0) is 24.3 Å². The third kappa shape index (κ3) is 5.50. The van der Waals surface area contributed by atoms with Gasteiger partial charge in [0.15, 0.2) is 6.10 Å². The smallest absolute Gasteiger partial charge is 0.334 e. The molecule has 0 radical (unpaired) electrons. The maximum absolute atomic E-state index is 11.4. The molecule has 0 aliphatic carbocycles. The average molecular weight is 236 g/mol. The number of aliphatic hydroxyl groups is 1. The number of benzene rings is 1. The Morgan fingerprint density at radius 2 is 1.94 bits per heavy atom. The molecular weight excluding hydrogens is 216 g/mol. The van der Waals surface area contributed by atoms with E-state index in [1.807, 2.05) is 44.2 Å². The monoisotopic (exact) mass is 236 g/mol. The molecule has 0 heterocycles. The van der Waals surface area contributed by atoms with E-state index in [-0.39, 0.29) is 0 Å². The van der Waals surface area contributed by atoms with Crippen molar-refractivity contribution < 1.29 is 14.6 Å². The molecule has 0 aromatic heterocycles. The number of aryl methyl sites for hydroxylation is 1. The van der Waals surface area contributed by atoms with Crippen molar-refractivity contribution in [3.8, 4) is 0 Å². The van der Waals surface area contributed by atoms with Gasteiger partial charge in [-0.15, -0.1) is 0 Å². The molecule has 1 aromatic carbocycles. The van der Waals surface area contributed by atoms with E-state index in [9.17, 15) is 9.90 Å². The number of ether oxygens (including phenoxy) is 1. The number of rotatable bonds is 6. The molecule has 0 unspecified atom stereocenters. The van der Waals surface area contributed by atoms with Crippen LogP contribution in [-0.2, 0) is 16.0 Å². The van der Waals surface area contributed by atoms with Crippen LogP contribution in [0.15, 0.2) is 30.3 Å². The van der Waals surface area contributed by atoms with E-state index in [2.05, 4.69) is 0 Å². The second-order valence-electron chi connectivity index (χ2n) is 4.56. The van der Waals surface area contributed by atoms with Crippen LogP contribution in [0.25, 0.3) is 0 Å². The van der Waals surface area contributed by atoms with Crippen molar-refractivity contribution in [3.05, 3.63) is 35.9 Å². The zero-order chi connectivity index (χ0) is 12.7.